The van der Waals surface area contributed by atoms with Gasteiger partial charge in [0.25, 0.3) is 0 Å². The molecule has 0 radical (unpaired) electrons. The number of hydrogen-bond donors (Lipinski definition) is 2. The first-order chi connectivity index (χ1) is 9.29. The van der Waals surface area contributed by atoms with E-state index in [0.29, 0.717) is 13.1 Å². The molecule has 1 aromatic rings. The van der Waals surface area contributed by atoms with Gasteiger partial charge in [-0.2, -0.15) is 4.31 Å². The van der Waals surface area contributed by atoms with Crippen LogP contribution in [-0.2, 0) is 20.0 Å². The van der Waals surface area contributed by atoms with Crippen molar-refractivity contribution >= 4 is 20.0 Å². The van der Waals surface area contributed by atoms with Gasteiger partial charge in [0.05, 0.1) is 9.79 Å². The summed E-state index contributed by atoms with van der Waals surface area (Å²) in [6.07, 6.45) is 0. The monoisotopic (exact) mass is 319 g/mol. The fourth-order valence-corrected chi connectivity index (χ4v) is 3.89. The lowest BCUT2D eigenvalue weighted by Crippen LogP contribution is -2.57. The van der Waals surface area contributed by atoms with Gasteiger partial charge in [-0.05, 0) is 31.3 Å². The zero-order chi connectivity index (χ0) is 15.0. The van der Waals surface area contributed by atoms with Gasteiger partial charge in [-0.1, -0.05) is 0 Å². The summed E-state index contributed by atoms with van der Waals surface area (Å²) in [6.45, 7) is 1.25. The van der Waals surface area contributed by atoms with Crippen LogP contribution in [0, 0.1) is 0 Å². The highest BCUT2D eigenvalue weighted by Crippen LogP contribution is 2.20. The van der Waals surface area contributed by atoms with Crippen molar-refractivity contribution in [3.63, 3.8) is 0 Å². The molecule has 1 heterocycles. The molecule has 0 saturated carbocycles. The minimum absolute atomic E-state index is 0.0342. The third-order valence-electron chi connectivity index (χ3n) is 3.35. The lowest BCUT2D eigenvalue weighted by atomic mass is 10.2. The van der Waals surface area contributed by atoms with Crippen molar-refractivity contribution in [2.75, 3.05) is 27.2 Å². The molecule has 9 heteroatoms. The smallest absolute Gasteiger partial charge is 0.243 e. The van der Waals surface area contributed by atoms with Crippen LogP contribution in [0.5, 0.6) is 0 Å². The van der Waals surface area contributed by atoms with Crippen LogP contribution >= 0.6 is 0 Å². The third kappa shape index (κ3) is 2.72. The molecule has 0 spiro atoms. The SMILES string of the molecule is CNS(=O)(=O)c1ccc(S(=O)(=O)N(C)C2CNC2)cc1. The molecule has 2 rings (SSSR count). The predicted octanol–water partition coefficient (Wildman–Crippen LogP) is -0.813. The van der Waals surface area contributed by atoms with Gasteiger partial charge < -0.3 is 5.32 Å². The molecular formula is C11H17N3O4S2. The molecule has 112 valence electrons. The van der Waals surface area contributed by atoms with E-state index in [2.05, 4.69) is 10.0 Å². The minimum Gasteiger partial charge on any atom is -0.313 e. The molecule has 0 atom stereocenters. The Morgan fingerprint density at radius 1 is 1.10 bits per heavy atom. The van der Waals surface area contributed by atoms with Gasteiger partial charge >= 0.3 is 0 Å². The van der Waals surface area contributed by atoms with E-state index < -0.39 is 20.0 Å². The van der Waals surface area contributed by atoms with Crippen LogP contribution in [0.4, 0.5) is 0 Å². The second-order valence-electron chi connectivity index (χ2n) is 4.51. The Morgan fingerprint density at radius 2 is 1.60 bits per heavy atom. The van der Waals surface area contributed by atoms with Crippen molar-refractivity contribution in [3.8, 4) is 0 Å². The average molecular weight is 319 g/mol. The van der Waals surface area contributed by atoms with Gasteiger partial charge in [-0.25, -0.2) is 21.6 Å². The van der Waals surface area contributed by atoms with Gasteiger partial charge in [0.2, 0.25) is 20.0 Å². The van der Waals surface area contributed by atoms with Crippen LogP contribution in [0.15, 0.2) is 34.1 Å². The maximum Gasteiger partial charge on any atom is 0.243 e. The molecule has 0 amide bonds. The summed E-state index contributed by atoms with van der Waals surface area (Å²) in [6, 6.07) is 5.13. The van der Waals surface area contributed by atoms with Crippen LogP contribution in [0.1, 0.15) is 0 Å². The Bertz CT molecular complexity index is 679. The van der Waals surface area contributed by atoms with E-state index in [1.54, 1.807) is 0 Å². The molecule has 0 bridgehead atoms. The maximum atomic E-state index is 12.3. The molecule has 1 aliphatic heterocycles. The molecule has 1 saturated heterocycles. The van der Waals surface area contributed by atoms with Crippen LogP contribution in [0.25, 0.3) is 0 Å². The largest absolute Gasteiger partial charge is 0.313 e. The molecular weight excluding hydrogens is 302 g/mol. The number of nitrogens with one attached hydrogen (secondary N) is 2. The van der Waals surface area contributed by atoms with Crippen LogP contribution in [0.2, 0.25) is 0 Å². The quantitative estimate of drug-likeness (QED) is 0.740. The van der Waals surface area contributed by atoms with Crippen LogP contribution in [-0.4, -0.2) is 54.4 Å². The van der Waals surface area contributed by atoms with E-state index in [0.717, 1.165) is 0 Å². The summed E-state index contributed by atoms with van der Waals surface area (Å²) < 4.78 is 51.3. The molecule has 1 aromatic carbocycles. The fourth-order valence-electron chi connectivity index (χ4n) is 1.80. The molecule has 1 aliphatic rings. The summed E-state index contributed by atoms with van der Waals surface area (Å²) >= 11 is 0. The number of hydrogen-bond acceptors (Lipinski definition) is 5. The zero-order valence-electron chi connectivity index (χ0n) is 11.2. The highest BCUT2D eigenvalue weighted by molar-refractivity contribution is 7.89. The lowest BCUT2D eigenvalue weighted by molar-refractivity contribution is 0.274. The Balaban J connectivity index is 2.29. The van der Waals surface area contributed by atoms with Crippen molar-refractivity contribution < 1.29 is 16.8 Å². The second kappa shape index (κ2) is 5.41. The fraction of sp³-hybridized carbons (Fsp3) is 0.455. The van der Waals surface area contributed by atoms with Crippen LogP contribution < -0.4 is 10.0 Å². The number of likely N-dealkylation sites (N-methyl/N-ethyl adjacent to an activating group) is 1. The van der Waals surface area contributed by atoms with Crippen molar-refractivity contribution in [2.24, 2.45) is 0 Å². The Hall–Kier alpha value is -1.00. The molecule has 7 nitrogen and oxygen atoms in total. The van der Waals surface area contributed by atoms with E-state index in [-0.39, 0.29) is 15.8 Å². The first-order valence-corrected chi connectivity index (χ1v) is 8.94. The maximum absolute atomic E-state index is 12.3. The van der Waals surface area contributed by atoms with Crippen molar-refractivity contribution in [1.29, 1.82) is 0 Å². The summed E-state index contributed by atoms with van der Waals surface area (Å²) in [5.41, 5.74) is 0. The number of sulfonamides is 2. The van der Waals surface area contributed by atoms with Gasteiger partial charge in [-0.3, -0.25) is 0 Å². The van der Waals surface area contributed by atoms with E-state index in [9.17, 15) is 16.8 Å². The normalized spacial score (nSPS) is 17.1. The summed E-state index contributed by atoms with van der Waals surface area (Å²) in [5.74, 6) is 0. The molecule has 1 fully saturated rings. The topological polar surface area (TPSA) is 95.6 Å². The minimum atomic E-state index is -3.59. The Labute approximate surface area is 119 Å². The highest BCUT2D eigenvalue weighted by atomic mass is 32.2. The summed E-state index contributed by atoms with van der Waals surface area (Å²) in [4.78, 5) is 0.119. The molecule has 0 unspecified atom stereocenters. The predicted molar refractivity (Wildman–Crippen MR) is 74.3 cm³/mol. The van der Waals surface area contributed by atoms with Crippen molar-refractivity contribution in [1.82, 2.24) is 14.3 Å². The third-order valence-corrected chi connectivity index (χ3v) is 6.71. The number of nitrogens with zero attached hydrogens (tertiary/aromatic N) is 1. The Morgan fingerprint density at radius 3 is 2.00 bits per heavy atom. The highest BCUT2D eigenvalue weighted by Gasteiger charge is 2.31. The lowest BCUT2D eigenvalue weighted by Gasteiger charge is -2.34. The van der Waals surface area contributed by atoms with Gasteiger partial charge in [0, 0.05) is 26.2 Å². The van der Waals surface area contributed by atoms with Crippen LogP contribution in [0.3, 0.4) is 0 Å². The first kappa shape index (κ1) is 15.4. The van der Waals surface area contributed by atoms with E-state index in [1.165, 1.54) is 42.7 Å². The standard InChI is InChI=1S/C11H17N3O4S2/c1-12-19(15,16)10-3-5-11(6-4-10)20(17,18)14(2)9-7-13-8-9/h3-6,9,12-13H,7-8H2,1-2H3. The summed E-state index contributed by atoms with van der Waals surface area (Å²) in [7, 11) is -4.32. The molecule has 2 N–H and O–H groups in total. The van der Waals surface area contributed by atoms with Crippen molar-refractivity contribution in [3.05, 3.63) is 24.3 Å². The second-order valence-corrected chi connectivity index (χ2v) is 8.40. The van der Waals surface area contributed by atoms with Crippen molar-refractivity contribution in [2.45, 2.75) is 15.8 Å². The summed E-state index contributed by atoms with van der Waals surface area (Å²) in [5, 5.41) is 3.01. The first-order valence-electron chi connectivity index (χ1n) is 6.01. The average Bonchev–Trinajstić information content (AvgIpc) is 2.36. The molecule has 0 aromatic heterocycles. The van der Waals surface area contributed by atoms with E-state index in [1.807, 2.05) is 0 Å². The number of benzene rings is 1. The number of rotatable bonds is 5. The van der Waals surface area contributed by atoms with E-state index in [4.69, 9.17) is 0 Å². The van der Waals surface area contributed by atoms with Gasteiger partial charge in [0.15, 0.2) is 0 Å². The Kier molecular flexibility index (Phi) is 4.17. The van der Waals surface area contributed by atoms with Gasteiger partial charge in [0.1, 0.15) is 0 Å². The zero-order valence-corrected chi connectivity index (χ0v) is 12.8. The van der Waals surface area contributed by atoms with Gasteiger partial charge in [-0.15, -0.1) is 0 Å². The van der Waals surface area contributed by atoms with E-state index >= 15 is 0 Å². The molecule has 0 aliphatic carbocycles. The molecule has 20 heavy (non-hydrogen) atoms.